The van der Waals surface area contributed by atoms with E-state index in [-0.39, 0.29) is 11.5 Å². The molecule has 0 aliphatic carbocycles. The van der Waals surface area contributed by atoms with E-state index in [0.717, 1.165) is 0 Å². The van der Waals surface area contributed by atoms with Crippen molar-refractivity contribution in [3.05, 3.63) is 60.2 Å². The van der Waals surface area contributed by atoms with Crippen molar-refractivity contribution in [1.82, 2.24) is 5.43 Å². The molecule has 2 aromatic rings. The maximum absolute atomic E-state index is 11.9. The third kappa shape index (κ3) is 5.34. The summed E-state index contributed by atoms with van der Waals surface area (Å²) in [7, 11) is 2.96. The molecule has 0 bridgehead atoms. The van der Waals surface area contributed by atoms with Crippen molar-refractivity contribution < 1.29 is 24.2 Å². The first-order valence-electron chi connectivity index (χ1n) is 8.27. The van der Waals surface area contributed by atoms with Crippen molar-refractivity contribution in [2.45, 2.75) is 6.42 Å². The minimum atomic E-state index is -0.927. The van der Waals surface area contributed by atoms with E-state index < -0.39 is 11.8 Å². The van der Waals surface area contributed by atoms with Gasteiger partial charge in [-0.1, -0.05) is 6.08 Å². The van der Waals surface area contributed by atoms with Crippen LogP contribution in [0.3, 0.4) is 0 Å². The second-order valence-corrected chi connectivity index (χ2v) is 5.61. The standard InChI is InChI=1S/C20H21N3O5/c1-4-5-14-10-13(11-17(28-3)18(14)24)12-21-23-20(26)19(25)22-15-6-8-16(27-2)9-7-15/h4,6-12,24H,1,5H2,2-3H3,(H,22,25)(H,23,26)/b21-12+. The Morgan fingerprint density at radius 2 is 1.86 bits per heavy atom. The van der Waals surface area contributed by atoms with Gasteiger partial charge in [-0.15, -0.1) is 6.58 Å². The molecule has 0 radical (unpaired) electrons. The number of methoxy groups -OCH3 is 2. The Morgan fingerprint density at radius 1 is 1.14 bits per heavy atom. The number of nitrogens with one attached hydrogen (secondary N) is 2. The summed E-state index contributed by atoms with van der Waals surface area (Å²) in [5.41, 5.74) is 3.76. The number of ether oxygens (including phenoxy) is 2. The number of amides is 2. The number of carbonyl (C=O) groups excluding carboxylic acids is 2. The van der Waals surface area contributed by atoms with Gasteiger partial charge < -0.3 is 19.9 Å². The first-order chi connectivity index (χ1) is 13.5. The predicted octanol–water partition coefficient (Wildman–Crippen LogP) is 2.23. The van der Waals surface area contributed by atoms with Gasteiger partial charge in [0.1, 0.15) is 5.75 Å². The van der Waals surface area contributed by atoms with E-state index in [1.165, 1.54) is 20.4 Å². The lowest BCUT2D eigenvalue weighted by atomic mass is 10.1. The lowest BCUT2D eigenvalue weighted by Crippen LogP contribution is -2.32. The maximum atomic E-state index is 11.9. The highest BCUT2D eigenvalue weighted by atomic mass is 16.5. The van der Waals surface area contributed by atoms with Crippen molar-refractivity contribution >= 4 is 23.7 Å². The predicted molar refractivity (Wildman–Crippen MR) is 106 cm³/mol. The molecule has 2 amide bonds. The van der Waals surface area contributed by atoms with Gasteiger partial charge in [-0.2, -0.15) is 5.10 Å². The Hall–Kier alpha value is -3.81. The third-order valence-corrected chi connectivity index (χ3v) is 3.69. The smallest absolute Gasteiger partial charge is 0.329 e. The fourth-order valence-electron chi connectivity index (χ4n) is 2.31. The molecule has 0 aliphatic rings. The van der Waals surface area contributed by atoms with Crippen LogP contribution in [0, 0.1) is 0 Å². The highest BCUT2D eigenvalue weighted by Gasteiger charge is 2.13. The average Bonchev–Trinajstić information content (AvgIpc) is 2.70. The van der Waals surface area contributed by atoms with Crippen molar-refractivity contribution in [3.8, 4) is 17.2 Å². The van der Waals surface area contributed by atoms with Crippen LogP contribution in [0.2, 0.25) is 0 Å². The Labute approximate surface area is 162 Å². The quantitative estimate of drug-likeness (QED) is 0.294. The van der Waals surface area contributed by atoms with Crippen LogP contribution in [0.5, 0.6) is 17.2 Å². The first-order valence-corrected chi connectivity index (χ1v) is 8.27. The van der Waals surface area contributed by atoms with Crippen molar-refractivity contribution in [2.24, 2.45) is 5.10 Å². The summed E-state index contributed by atoms with van der Waals surface area (Å²) >= 11 is 0. The van der Waals surface area contributed by atoms with Crippen LogP contribution in [-0.2, 0) is 16.0 Å². The van der Waals surface area contributed by atoms with Crippen molar-refractivity contribution in [1.29, 1.82) is 0 Å². The molecule has 0 saturated heterocycles. The molecule has 0 atom stereocenters. The number of anilines is 1. The Kier molecular flexibility index (Phi) is 7.15. The zero-order chi connectivity index (χ0) is 20.5. The molecule has 0 heterocycles. The molecule has 0 fully saturated rings. The van der Waals surface area contributed by atoms with Gasteiger partial charge in [0.25, 0.3) is 0 Å². The van der Waals surface area contributed by atoms with Gasteiger partial charge in [-0.3, -0.25) is 9.59 Å². The van der Waals surface area contributed by atoms with Crippen LogP contribution in [0.4, 0.5) is 5.69 Å². The number of carbonyl (C=O) groups is 2. The summed E-state index contributed by atoms with van der Waals surface area (Å²) in [5.74, 6) is -0.874. The molecular formula is C20H21N3O5. The minimum absolute atomic E-state index is 0.0162. The van der Waals surface area contributed by atoms with Gasteiger partial charge in [-0.05, 0) is 48.4 Å². The molecule has 8 nitrogen and oxygen atoms in total. The second-order valence-electron chi connectivity index (χ2n) is 5.61. The number of allylic oxidation sites excluding steroid dienone is 1. The van der Waals surface area contributed by atoms with E-state index >= 15 is 0 Å². The second kappa shape index (κ2) is 9.77. The number of phenols is 1. The Morgan fingerprint density at radius 3 is 2.46 bits per heavy atom. The number of hydrogen-bond acceptors (Lipinski definition) is 6. The zero-order valence-corrected chi connectivity index (χ0v) is 15.6. The fraction of sp³-hybridized carbons (Fsp3) is 0.150. The van der Waals surface area contributed by atoms with Crippen LogP contribution in [0.15, 0.2) is 54.2 Å². The molecule has 8 heteroatoms. The normalized spacial score (nSPS) is 10.4. The summed E-state index contributed by atoms with van der Waals surface area (Å²) in [6.07, 6.45) is 3.41. The van der Waals surface area contributed by atoms with Crippen molar-refractivity contribution in [2.75, 3.05) is 19.5 Å². The van der Waals surface area contributed by atoms with E-state index in [4.69, 9.17) is 9.47 Å². The number of hydrazone groups is 1. The maximum Gasteiger partial charge on any atom is 0.329 e. The van der Waals surface area contributed by atoms with Crippen LogP contribution in [-0.4, -0.2) is 37.4 Å². The van der Waals surface area contributed by atoms with Gasteiger partial charge >= 0.3 is 11.8 Å². The van der Waals surface area contributed by atoms with Crippen LogP contribution < -0.4 is 20.2 Å². The van der Waals surface area contributed by atoms with Gasteiger partial charge in [-0.25, -0.2) is 5.43 Å². The molecule has 0 unspecified atom stereocenters. The minimum Gasteiger partial charge on any atom is -0.504 e. The molecule has 0 aliphatic heterocycles. The summed E-state index contributed by atoms with van der Waals surface area (Å²) in [5, 5.41) is 16.3. The molecule has 0 saturated carbocycles. The van der Waals surface area contributed by atoms with E-state index in [0.29, 0.717) is 29.0 Å². The number of phenolic OH excluding ortho intramolecular Hbond substituents is 1. The number of hydrogen-bond donors (Lipinski definition) is 3. The molecule has 146 valence electrons. The van der Waals surface area contributed by atoms with E-state index in [1.54, 1.807) is 42.5 Å². The monoisotopic (exact) mass is 383 g/mol. The molecular weight excluding hydrogens is 362 g/mol. The lowest BCUT2D eigenvalue weighted by molar-refractivity contribution is -0.136. The van der Waals surface area contributed by atoms with Gasteiger partial charge in [0.05, 0.1) is 20.4 Å². The number of rotatable bonds is 7. The molecule has 2 rings (SSSR count). The van der Waals surface area contributed by atoms with Gasteiger partial charge in [0.15, 0.2) is 11.5 Å². The SMILES string of the molecule is C=CCc1cc(/C=N/NC(=O)C(=O)Nc2ccc(OC)cc2)cc(OC)c1O. The zero-order valence-electron chi connectivity index (χ0n) is 15.6. The van der Waals surface area contributed by atoms with E-state index in [1.807, 2.05) is 0 Å². The van der Waals surface area contributed by atoms with Gasteiger partial charge in [0, 0.05) is 11.3 Å². The third-order valence-electron chi connectivity index (χ3n) is 3.69. The van der Waals surface area contributed by atoms with Crippen molar-refractivity contribution in [3.63, 3.8) is 0 Å². The fourth-order valence-corrected chi connectivity index (χ4v) is 2.31. The van der Waals surface area contributed by atoms with E-state index in [9.17, 15) is 14.7 Å². The summed E-state index contributed by atoms with van der Waals surface area (Å²) in [6, 6.07) is 9.76. The highest BCUT2D eigenvalue weighted by molar-refractivity contribution is 6.39. The summed E-state index contributed by atoms with van der Waals surface area (Å²) in [6.45, 7) is 3.64. The molecule has 0 spiro atoms. The average molecular weight is 383 g/mol. The lowest BCUT2D eigenvalue weighted by Gasteiger charge is -2.09. The highest BCUT2D eigenvalue weighted by Crippen LogP contribution is 2.31. The molecule has 3 N–H and O–H groups in total. The number of nitrogens with zero attached hydrogens (tertiary/aromatic N) is 1. The Balaban J connectivity index is 2.00. The topological polar surface area (TPSA) is 109 Å². The molecule has 28 heavy (non-hydrogen) atoms. The number of benzene rings is 2. The van der Waals surface area contributed by atoms with Gasteiger partial charge in [0.2, 0.25) is 0 Å². The largest absolute Gasteiger partial charge is 0.504 e. The van der Waals surface area contributed by atoms with Crippen LogP contribution >= 0.6 is 0 Å². The van der Waals surface area contributed by atoms with Crippen LogP contribution in [0.1, 0.15) is 11.1 Å². The van der Waals surface area contributed by atoms with Crippen LogP contribution in [0.25, 0.3) is 0 Å². The molecule has 2 aromatic carbocycles. The summed E-state index contributed by atoms with van der Waals surface area (Å²) < 4.78 is 10.1. The number of aromatic hydroxyl groups is 1. The Bertz CT molecular complexity index is 891. The first kappa shape index (κ1) is 20.5. The van der Waals surface area contributed by atoms with E-state index in [2.05, 4.69) is 22.4 Å². The summed E-state index contributed by atoms with van der Waals surface area (Å²) in [4.78, 5) is 23.8. The molecule has 0 aromatic heterocycles.